The smallest absolute Gasteiger partial charge is 0.335 e. The van der Waals surface area contributed by atoms with E-state index in [-0.39, 0.29) is 36.8 Å². The van der Waals surface area contributed by atoms with Gasteiger partial charge in [0.25, 0.3) is 5.91 Å². The lowest BCUT2D eigenvalue weighted by Gasteiger charge is -2.33. The van der Waals surface area contributed by atoms with Crippen molar-refractivity contribution in [2.45, 2.75) is 31.5 Å². The number of piperazine rings is 1. The number of hydrogen-bond donors (Lipinski definition) is 0. The van der Waals surface area contributed by atoms with Gasteiger partial charge in [0.2, 0.25) is 10.0 Å². The fourth-order valence-electron chi connectivity index (χ4n) is 3.25. The number of carbonyl (C=O) groups is 1. The van der Waals surface area contributed by atoms with Crippen LogP contribution in [0.5, 0.6) is 0 Å². The van der Waals surface area contributed by atoms with E-state index in [1.165, 1.54) is 27.1 Å². The van der Waals surface area contributed by atoms with E-state index in [1.54, 1.807) is 6.92 Å². The van der Waals surface area contributed by atoms with Crippen molar-refractivity contribution in [1.82, 2.24) is 28.8 Å². The van der Waals surface area contributed by atoms with Crippen LogP contribution in [0, 0.1) is 6.92 Å². The van der Waals surface area contributed by atoms with E-state index in [2.05, 4.69) is 26.1 Å². The molecule has 1 amide bonds. The maximum absolute atomic E-state index is 13.0. The quantitative estimate of drug-likeness (QED) is 0.623. The second-order valence-corrected chi connectivity index (χ2v) is 9.46. The number of rotatable bonds is 4. The molecule has 0 N–H and O–H groups in total. The largest absolute Gasteiger partial charge is 0.436 e. The predicted molar refractivity (Wildman–Crippen MR) is 103 cm³/mol. The molecule has 0 saturated carbocycles. The molecule has 0 spiro atoms. The van der Waals surface area contributed by atoms with E-state index in [1.807, 2.05) is 6.92 Å². The van der Waals surface area contributed by atoms with Crippen LogP contribution in [0.4, 0.5) is 13.2 Å². The molecule has 1 aliphatic rings. The molecule has 3 heterocycles. The minimum absolute atomic E-state index is 0.0203. The summed E-state index contributed by atoms with van der Waals surface area (Å²) in [5.41, 5.74) is -1.04. The van der Waals surface area contributed by atoms with Gasteiger partial charge in [-0.25, -0.2) is 8.42 Å². The average Bonchev–Trinajstić information content (AvgIpc) is 3.20. The number of halogens is 4. The van der Waals surface area contributed by atoms with Gasteiger partial charge in [0.05, 0.1) is 10.2 Å². The third-order valence-electron chi connectivity index (χ3n) is 4.83. The first-order valence-corrected chi connectivity index (χ1v) is 11.2. The van der Waals surface area contributed by atoms with Crippen molar-refractivity contribution in [3.63, 3.8) is 0 Å². The molecule has 0 aliphatic carbocycles. The zero-order chi connectivity index (χ0) is 22.4. The van der Waals surface area contributed by atoms with Crippen LogP contribution in [-0.4, -0.2) is 69.3 Å². The van der Waals surface area contributed by atoms with Crippen LogP contribution in [0.2, 0.25) is 0 Å². The topological polar surface area (TPSA) is 93.3 Å². The van der Waals surface area contributed by atoms with Gasteiger partial charge in [-0.2, -0.15) is 27.7 Å². The molecule has 3 rings (SSSR count). The normalized spacial score (nSPS) is 16.3. The first kappa shape index (κ1) is 22.7. The van der Waals surface area contributed by atoms with Gasteiger partial charge in [0.15, 0.2) is 5.69 Å². The number of carbonyl (C=O) groups excluding carboxylic acids is 1. The number of amides is 1. The number of aromatic nitrogens is 4. The highest BCUT2D eigenvalue weighted by Crippen LogP contribution is 2.36. The molecular weight excluding hydrogens is 493 g/mol. The Kier molecular flexibility index (Phi) is 6.04. The second-order valence-electron chi connectivity index (χ2n) is 6.76. The van der Waals surface area contributed by atoms with Gasteiger partial charge in [0.1, 0.15) is 10.6 Å². The van der Waals surface area contributed by atoms with Crippen molar-refractivity contribution in [1.29, 1.82) is 0 Å². The highest BCUT2D eigenvalue weighted by atomic mass is 79.9. The standard InChI is InChI=1S/C16H20BrF3N6O3S/c1-4-25-9-11(10(2)21-25)30(28,29)26-7-5-24(6-8-26)15(27)13-12(17)14(16(18,19)20)22-23(13)3/h9H,4-8H2,1-3H3. The van der Waals surface area contributed by atoms with E-state index >= 15 is 0 Å². The molecule has 2 aromatic rings. The van der Waals surface area contributed by atoms with Gasteiger partial charge >= 0.3 is 6.18 Å². The van der Waals surface area contributed by atoms with E-state index < -0.39 is 32.3 Å². The van der Waals surface area contributed by atoms with E-state index in [0.29, 0.717) is 12.2 Å². The minimum atomic E-state index is -4.71. The summed E-state index contributed by atoms with van der Waals surface area (Å²) < 4.78 is 68.2. The molecule has 1 saturated heterocycles. The Balaban J connectivity index is 1.77. The first-order valence-electron chi connectivity index (χ1n) is 9.01. The van der Waals surface area contributed by atoms with Crippen LogP contribution >= 0.6 is 15.9 Å². The zero-order valence-corrected chi connectivity index (χ0v) is 18.8. The summed E-state index contributed by atoms with van der Waals surface area (Å²) in [7, 11) is -2.54. The highest BCUT2D eigenvalue weighted by molar-refractivity contribution is 9.10. The Hall–Kier alpha value is -1.93. The number of alkyl halides is 3. The van der Waals surface area contributed by atoms with Crippen molar-refractivity contribution >= 4 is 31.9 Å². The molecule has 9 nitrogen and oxygen atoms in total. The summed E-state index contributed by atoms with van der Waals surface area (Å²) >= 11 is 2.83. The molecule has 0 atom stereocenters. The minimum Gasteiger partial charge on any atom is -0.335 e. The lowest BCUT2D eigenvalue weighted by Crippen LogP contribution is -2.50. The van der Waals surface area contributed by atoms with Crippen LogP contribution < -0.4 is 0 Å². The molecular formula is C16H20BrF3N6O3S. The summed E-state index contributed by atoms with van der Waals surface area (Å²) in [6, 6.07) is 0. The maximum Gasteiger partial charge on any atom is 0.436 e. The summed E-state index contributed by atoms with van der Waals surface area (Å²) in [5, 5.41) is 7.55. The molecule has 2 aromatic heterocycles. The zero-order valence-electron chi connectivity index (χ0n) is 16.4. The average molecular weight is 513 g/mol. The van der Waals surface area contributed by atoms with Gasteiger partial charge in [-0.15, -0.1) is 0 Å². The van der Waals surface area contributed by atoms with Gasteiger partial charge in [-0.3, -0.25) is 14.2 Å². The maximum atomic E-state index is 13.0. The molecule has 0 radical (unpaired) electrons. The third-order valence-corrected chi connectivity index (χ3v) is 7.58. The van der Waals surface area contributed by atoms with Gasteiger partial charge in [0, 0.05) is 46.0 Å². The Labute approximate surface area is 179 Å². The van der Waals surface area contributed by atoms with Gasteiger partial charge < -0.3 is 4.90 Å². The van der Waals surface area contributed by atoms with Crippen LogP contribution in [0.15, 0.2) is 15.6 Å². The fourth-order valence-corrected chi connectivity index (χ4v) is 5.57. The monoisotopic (exact) mass is 512 g/mol. The number of sulfonamides is 1. The summed E-state index contributed by atoms with van der Waals surface area (Å²) in [5.74, 6) is -0.653. The molecule has 14 heteroatoms. The Morgan fingerprint density at radius 2 is 1.80 bits per heavy atom. The Bertz CT molecular complexity index is 1070. The summed E-state index contributed by atoms with van der Waals surface area (Å²) in [6.07, 6.45) is -3.24. The molecule has 166 valence electrons. The SMILES string of the molecule is CCn1cc(S(=O)(=O)N2CCN(C(=O)c3c(Br)c(C(F)(F)F)nn3C)CC2)c(C)n1. The molecule has 0 unspecified atom stereocenters. The third kappa shape index (κ3) is 3.99. The highest BCUT2D eigenvalue weighted by Gasteiger charge is 2.41. The number of hydrogen-bond acceptors (Lipinski definition) is 5. The Morgan fingerprint density at radius 3 is 2.27 bits per heavy atom. The van der Waals surface area contributed by atoms with Gasteiger partial charge in [-0.05, 0) is 29.8 Å². The number of aryl methyl sites for hydroxylation is 3. The number of nitrogens with zero attached hydrogens (tertiary/aromatic N) is 6. The van der Waals surface area contributed by atoms with Gasteiger partial charge in [-0.1, -0.05) is 0 Å². The summed E-state index contributed by atoms with van der Waals surface area (Å²) in [4.78, 5) is 14.2. The molecule has 0 bridgehead atoms. The van der Waals surface area contributed by atoms with Crippen molar-refractivity contribution in [3.05, 3.63) is 27.8 Å². The fraction of sp³-hybridized carbons (Fsp3) is 0.562. The van der Waals surface area contributed by atoms with Crippen LogP contribution in [0.25, 0.3) is 0 Å². The Morgan fingerprint density at radius 1 is 1.20 bits per heavy atom. The lowest BCUT2D eigenvalue weighted by molar-refractivity contribution is -0.142. The van der Waals surface area contributed by atoms with E-state index in [4.69, 9.17) is 0 Å². The predicted octanol–water partition coefficient (Wildman–Crippen LogP) is 1.87. The summed E-state index contributed by atoms with van der Waals surface area (Å²) in [6.45, 7) is 4.10. The van der Waals surface area contributed by atoms with Crippen molar-refractivity contribution in [2.75, 3.05) is 26.2 Å². The molecule has 0 aromatic carbocycles. The lowest BCUT2D eigenvalue weighted by atomic mass is 10.2. The van der Waals surface area contributed by atoms with Crippen molar-refractivity contribution < 1.29 is 26.4 Å². The molecule has 1 fully saturated rings. The van der Waals surface area contributed by atoms with E-state index in [9.17, 15) is 26.4 Å². The molecule has 30 heavy (non-hydrogen) atoms. The van der Waals surface area contributed by atoms with Crippen LogP contribution in [-0.2, 0) is 29.8 Å². The van der Waals surface area contributed by atoms with Crippen molar-refractivity contribution in [2.24, 2.45) is 7.05 Å². The van der Waals surface area contributed by atoms with Crippen molar-refractivity contribution in [3.8, 4) is 0 Å². The second kappa shape index (κ2) is 7.96. The van der Waals surface area contributed by atoms with Crippen LogP contribution in [0.3, 0.4) is 0 Å². The van der Waals surface area contributed by atoms with Crippen LogP contribution in [0.1, 0.15) is 28.8 Å². The first-order chi connectivity index (χ1) is 13.9. The van der Waals surface area contributed by atoms with E-state index in [0.717, 1.165) is 4.68 Å². The molecule has 1 aliphatic heterocycles.